The molecule has 2 N–H and O–H groups in total. The van der Waals surface area contributed by atoms with E-state index in [9.17, 15) is 44.7 Å². The van der Waals surface area contributed by atoms with Crippen molar-refractivity contribution < 1.29 is 44.7 Å². The number of rotatable bonds is 12. The lowest BCUT2D eigenvalue weighted by atomic mass is 10.1. The molecule has 0 unspecified atom stereocenters. The number of hydrogen-bond donors (Lipinski definition) is 2. The molecule has 0 saturated heterocycles. The molecular weight excluding hydrogens is 580 g/mol. The fraction of sp³-hybridized carbons (Fsp3) is 0.357. The number of aryl methyl sites for hydroxylation is 2. The van der Waals surface area contributed by atoms with Gasteiger partial charge in [0.05, 0.1) is 11.1 Å². The number of thiophene rings is 1. The van der Waals surface area contributed by atoms with Crippen molar-refractivity contribution in [3.8, 4) is 0 Å². The van der Waals surface area contributed by atoms with Crippen LogP contribution in [-0.4, -0.2) is 24.9 Å². The van der Waals surface area contributed by atoms with Crippen LogP contribution in [0.3, 0.4) is 0 Å². The summed E-state index contributed by atoms with van der Waals surface area (Å²) in [5.74, 6) is -3.86. The minimum absolute atomic E-state index is 0.216. The van der Waals surface area contributed by atoms with Crippen LogP contribution < -0.4 is 10.6 Å². The number of carbonyl (C=O) groups is 2. The first-order valence-corrected chi connectivity index (χ1v) is 13.4. The number of halogens is 8. The quantitative estimate of drug-likeness (QED) is 0.165. The van der Waals surface area contributed by atoms with E-state index in [2.05, 4.69) is 10.6 Å². The minimum atomic E-state index is -4.76. The molecule has 2 aromatic carbocycles. The zero-order chi connectivity index (χ0) is 30.2. The highest BCUT2D eigenvalue weighted by molar-refractivity contribution is 7.11. The Bertz CT molecular complexity index is 1250. The average Bonchev–Trinajstić information content (AvgIpc) is 3.33. The molecule has 41 heavy (non-hydrogen) atoms. The number of benzene rings is 2. The van der Waals surface area contributed by atoms with Crippen molar-refractivity contribution in [1.82, 2.24) is 10.6 Å². The molecule has 0 atom stereocenters. The zero-order valence-electron chi connectivity index (χ0n) is 21.5. The van der Waals surface area contributed by atoms with Gasteiger partial charge >= 0.3 is 12.4 Å². The van der Waals surface area contributed by atoms with Gasteiger partial charge in [-0.2, -0.15) is 26.3 Å². The molecule has 3 aromatic rings. The normalized spacial score (nSPS) is 11.9. The Hall–Kier alpha value is -3.48. The third kappa shape index (κ3) is 10.1. The van der Waals surface area contributed by atoms with Crippen molar-refractivity contribution in [1.29, 1.82) is 0 Å². The van der Waals surface area contributed by atoms with E-state index in [-0.39, 0.29) is 13.1 Å². The van der Waals surface area contributed by atoms with Crippen molar-refractivity contribution in [3.63, 3.8) is 0 Å². The van der Waals surface area contributed by atoms with Crippen LogP contribution in [0.1, 0.15) is 67.3 Å². The van der Waals surface area contributed by atoms with Gasteiger partial charge in [0, 0.05) is 34.0 Å². The second kappa shape index (κ2) is 13.9. The summed E-state index contributed by atoms with van der Waals surface area (Å²) in [7, 11) is 0. The van der Waals surface area contributed by atoms with Gasteiger partial charge < -0.3 is 10.6 Å². The molecule has 0 aliphatic heterocycles. The van der Waals surface area contributed by atoms with Gasteiger partial charge in [-0.25, -0.2) is 8.78 Å². The minimum Gasteiger partial charge on any atom is -0.352 e. The van der Waals surface area contributed by atoms with Crippen molar-refractivity contribution in [3.05, 3.63) is 92.2 Å². The fourth-order valence-corrected chi connectivity index (χ4v) is 5.02. The van der Waals surface area contributed by atoms with Crippen molar-refractivity contribution in [2.24, 2.45) is 0 Å². The van der Waals surface area contributed by atoms with E-state index >= 15 is 0 Å². The summed E-state index contributed by atoms with van der Waals surface area (Å²) in [5.41, 5.74) is -3.26. The first-order valence-electron chi connectivity index (χ1n) is 12.6. The highest BCUT2D eigenvalue weighted by atomic mass is 32.1. The van der Waals surface area contributed by atoms with Crippen LogP contribution in [0, 0.1) is 11.6 Å². The van der Waals surface area contributed by atoms with Crippen LogP contribution in [0.15, 0.2) is 48.5 Å². The lowest BCUT2D eigenvalue weighted by molar-refractivity contribution is -0.138. The van der Waals surface area contributed by atoms with E-state index in [1.807, 2.05) is 12.1 Å². The van der Waals surface area contributed by atoms with E-state index in [1.165, 1.54) is 0 Å². The fourth-order valence-electron chi connectivity index (χ4n) is 3.92. The van der Waals surface area contributed by atoms with Gasteiger partial charge in [-0.15, -0.1) is 11.3 Å². The second-order valence-electron chi connectivity index (χ2n) is 9.25. The van der Waals surface area contributed by atoms with Crippen molar-refractivity contribution >= 4 is 23.2 Å². The molecule has 1 aromatic heterocycles. The zero-order valence-corrected chi connectivity index (χ0v) is 22.3. The summed E-state index contributed by atoms with van der Waals surface area (Å²) in [6.07, 6.45) is -5.52. The average molecular weight is 607 g/mol. The van der Waals surface area contributed by atoms with Gasteiger partial charge in [0.2, 0.25) is 0 Å². The lowest BCUT2D eigenvalue weighted by Gasteiger charge is -2.10. The van der Waals surface area contributed by atoms with Gasteiger partial charge in [0.25, 0.3) is 11.8 Å². The molecule has 0 aliphatic rings. The largest absolute Gasteiger partial charge is 0.416 e. The maximum absolute atomic E-state index is 13.5. The maximum atomic E-state index is 13.5. The molecule has 3 rings (SSSR count). The number of hydrogen-bond acceptors (Lipinski definition) is 3. The first kappa shape index (κ1) is 32.0. The van der Waals surface area contributed by atoms with Crippen LogP contribution in [-0.2, 0) is 25.2 Å². The predicted molar refractivity (Wildman–Crippen MR) is 138 cm³/mol. The molecule has 0 spiro atoms. The number of nitrogens with one attached hydrogen (secondary N) is 2. The van der Waals surface area contributed by atoms with Gasteiger partial charge in [-0.1, -0.05) is 0 Å². The number of carbonyl (C=O) groups excluding carboxylic acids is 2. The Balaban J connectivity index is 1.33. The Morgan fingerprint density at radius 2 is 1.00 bits per heavy atom. The molecule has 0 radical (unpaired) electrons. The Morgan fingerprint density at radius 1 is 0.610 bits per heavy atom. The van der Waals surface area contributed by atoms with Gasteiger partial charge in [-0.3, -0.25) is 9.59 Å². The Labute approximate surface area is 234 Å². The predicted octanol–water partition coefficient (Wildman–Crippen LogP) is 7.57. The number of unbranched alkanes of at least 4 members (excludes halogenated alkanes) is 2. The number of alkyl halides is 6. The van der Waals surface area contributed by atoms with Gasteiger partial charge in [0.15, 0.2) is 0 Å². The van der Waals surface area contributed by atoms with Crippen LogP contribution in [0.4, 0.5) is 35.1 Å². The summed E-state index contributed by atoms with van der Waals surface area (Å²) in [4.78, 5) is 26.4. The van der Waals surface area contributed by atoms with Crippen LogP contribution in [0.5, 0.6) is 0 Å². The van der Waals surface area contributed by atoms with Crippen molar-refractivity contribution in [2.45, 2.75) is 50.9 Å². The van der Waals surface area contributed by atoms with E-state index < -0.39 is 58.1 Å². The van der Waals surface area contributed by atoms with E-state index in [4.69, 9.17) is 0 Å². The van der Waals surface area contributed by atoms with Crippen LogP contribution in [0.25, 0.3) is 0 Å². The third-order valence-electron chi connectivity index (χ3n) is 5.96. The van der Waals surface area contributed by atoms with Gasteiger partial charge in [-0.05, 0) is 87.1 Å². The molecule has 0 saturated carbocycles. The third-order valence-corrected chi connectivity index (χ3v) is 7.17. The summed E-state index contributed by atoms with van der Waals surface area (Å²) >= 11 is 1.60. The number of amides is 2. The molecule has 13 heteroatoms. The maximum Gasteiger partial charge on any atom is 0.416 e. The second-order valence-corrected chi connectivity index (χ2v) is 10.5. The van der Waals surface area contributed by atoms with Gasteiger partial charge in [0.1, 0.15) is 11.6 Å². The first-order chi connectivity index (χ1) is 19.2. The van der Waals surface area contributed by atoms with E-state index in [0.717, 1.165) is 34.7 Å². The molecule has 0 bridgehead atoms. The molecule has 1 heterocycles. The smallest absolute Gasteiger partial charge is 0.352 e. The van der Waals surface area contributed by atoms with Crippen molar-refractivity contribution in [2.75, 3.05) is 13.1 Å². The van der Waals surface area contributed by atoms with E-state index in [1.54, 1.807) is 11.3 Å². The van der Waals surface area contributed by atoms with E-state index in [0.29, 0.717) is 49.9 Å². The molecule has 2 amide bonds. The monoisotopic (exact) mass is 606 g/mol. The molecule has 4 nitrogen and oxygen atoms in total. The Morgan fingerprint density at radius 3 is 1.37 bits per heavy atom. The molecular formula is C28H26F8N2O2S. The molecule has 0 aliphatic carbocycles. The topological polar surface area (TPSA) is 58.2 Å². The summed E-state index contributed by atoms with van der Waals surface area (Å²) < 4.78 is 104. The van der Waals surface area contributed by atoms with Crippen LogP contribution >= 0.6 is 11.3 Å². The van der Waals surface area contributed by atoms with Crippen LogP contribution in [0.2, 0.25) is 0 Å². The SMILES string of the molecule is O=C(NCCCCc1ccc(CCCCNC(=O)c2cc(F)cc(C(F)(F)F)c2)s1)c1cc(F)cc(C(F)(F)F)c1. The summed E-state index contributed by atoms with van der Waals surface area (Å²) in [5, 5.41) is 5.00. The lowest BCUT2D eigenvalue weighted by Crippen LogP contribution is -2.25. The molecule has 222 valence electrons. The molecule has 0 fully saturated rings. The summed E-state index contributed by atoms with van der Waals surface area (Å²) in [6.45, 7) is 0.432. The summed E-state index contributed by atoms with van der Waals surface area (Å²) in [6, 6.07) is 7.32. The standard InChI is InChI=1S/C28H26F8N2O2S/c29-21-13-17(11-19(15-21)27(31,32)33)25(39)37-9-3-1-5-23-7-8-24(41-23)6-2-4-10-38-26(40)18-12-20(28(34,35)36)16-22(30)14-18/h7-8,11-16H,1-6,9-10H2,(H,37,39)(H,38,40). The highest BCUT2D eigenvalue weighted by Crippen LogP contribution is 2.31. The Kier molecular flexibility index (Phi) is 10.9. The highest BCUT2D eigenvalue weighted by Gasteiger charge is 2.32.